The number of nitrogens with zero attached hydrogens (tertiary/aromatic N) is 1. The number of carbonyl (C=O) groups is 1. The van der Waals surface area contributed by atoms with E-state index in [1.54, 1.807) is 18.2 Å². The number of aromatic carboxylic acids is 1. The summed E-state index contributed by atoms with van der Waals surface area (Å²) in [7, 11) is 1.51. The van der Waals surface area contributed by atoms with Crippen LogP contribution in [0.4, 0.5) is 0 Å². The van der Waals surface area contributed by atoms with Crippen molar-refractivity contribution < 1.29 is 14.6 Å². The molecular formula is C12H11NO3. The van der Waals surface area contributed by atoms with Crippen LogP contribution in [0.1, 0.15) is 22.3 Å². The van der Waals surface area contributed by atoms with Gasteiger partial charge in [-0.05, 0) is 18.2 Å². The Balaban J connectivity index is 3.08. The van der Waals surface area contributed by atoms with Crippen molar-refractivity contribution in [3.8, 4) is 11.8 Å². The zero-order valence-electron chi connectivity index (χ0n) is 8.80. The zero-order valence-corrected chi connectivity index (χ0v) is 8.80. The van der Waals surface area contributed by atoms with Crippen molar-refractivity contribution in [1.82, 2.24) is 0 Å². The first-order chi connectivity index (χ1) is 7.69. The number of nitriles is 1. The largest absolute Gasteiger partial charge is 0.496 e. The van der Waals surface area contributed by atoms with Gasteiger partial charge in [-0.1, -0.05) is 12.2 Å². The number of methoxy groups -OCH3 is 1. The number of hydrogen-bond donors (Lipinski definition) is 1. The number of hydrogen-bond acceptors (Lipinski definition) is 3. The molecule has 0 aromatic heterocycles. The average Bonchev–Trinajstić information content (AvgIpc) is 2.29. The molecule has 16 heavy (non-hydrogen) atoms. The second kappa shape index (κ2) is 5.56. The molecule has 1 aromatic rings. The molecule has 0 aliphatic carbocycles. The Hall–Kier alpha value is -2.28. The fraction of sp³-hybridized carbons (Fsp3) is 0.167. The van der Waals surface area contributed by atoms with Crippen molar-refractivity contribution in [2.75, 3.05) is 7.11 Å². The van der Waals surface area contributed by atoms with Crippen LogP contribution in [0.15, 0.2) is 24.3 Å². The summed E-state index contributed by atoms with van der Waals surface area (Å²) >= 11 is 0. The van der Waals surface area contributed by atoms with Gasteiger partial charge in [0.25, 0.3) is 0 Å². The molecule has 0 unspecified atom stereocenters. The first kappa shape index (κ1) is 11.8. The number of benzene rings is 1. The van der Waals surface area contributed by atoms with E-state index in [9.17, 15) is 4.79 Å². The lowest BCUT2D eigenvalue weighted by atomic mass is 10.1. The Morgan fingerprint density at radius 3 is 2.94 bits per heavy atom. The summed E-state index contributed by atoms with van der Waals surface area (Å²) < 4.78 is 5.08. The summed E-state index contributed by atoms with van der Waals surface area (Å²) in [6, 6.07) is 6.55. The second-order valence-corrected chi connectivity index (χ2v) is 3.03. The molecular weight excluding hydrogens is 206 g/mol. The normalized spacial score (nSPS) is 10.0. The first-order valence-electron chi connectivity index (χ1n) is 4.64. The lowest BCUT2D eigenvalue weighted by molar-refractivity contribution is 0.0697. The highest BCUT2D eigenvalue weighted by Crippen LogP contribution is 2.21. The van der Waals surface area contributed by atoms with E-state index in [1.807, 2.05) is 6.07 Å². The van der Waals surface area contributed by atoms with Crippen LogP contribution in [-0.2, 0) is 0 Å². The number of rotatable bonds is 4. The van der Waals surface area contributed by atoms with Gasteiger partial charge in [0, 0.05) is 5.56 Å². The summed E-state index contributed by atoms with van der Waals surface area (Å²) in [6.45, 7) is 0. The highest BCUT2D eigenvalue weighted by molar-refractivity contribution is 5.88. The van der Waals surface area contributed by atoms with Gasteiger partial charge >= 0.3 is 5.97 Å². The van der Waals surface area contributed by atoms with Gasteiger partial charge in [0.15, 0.2) is 0 Å². The summed E-state index contributed by atoms with van der Waals surface area (Å²) in [5.74, 6) is -0.406. The quantitative estimate of drug-likeness (QED) is 0.840. The SMILES string of the molecule is COc1ccc(C(=O)O)cc1C=CCC#N. The fourth-order valence-electron chi connectivity index (χ4n) is 1.24. The van der Waals surface area contributed by atoms with Gasteiger partial charge in [-0.2, -0.15) is 5.26 Å². The van der Waals surface area contributed by atoms with Crippen molar-refractivity contribution in [2.45, 2.75) is 6.42 Å². The van der Waals surface area contributed by atoms with E-state index >= 15 is 0 Å². The Morgan fingerprint density at radius 2 is 2.38 bits per heavy atom. The molecule has 82 valence electrons. The third kappa shape index (κ3) is 2.85. The van der Waals surface area contributed by atoms with Gasteiger partial charge in [0.05, 0.1) is 25.2 Å². The first-order valence-corrected chi connectivity index (χ1v) is 4.64. The highest BCUT2D eigenvalue weighted by atomic mass is 16.5. The van der Waals surface area contributed by atoms with Crippen molar-refractivity contribution in [3.05, 3.63) is 35.4 Å². The van der Waals surface area contributed by atoms with Crippen LogP contribution in [-0.4, -0.2) is 18.2 Å². The minimum atomic E-state index is -0.988. The fourth-order valence-corrected chi connectivity index (χ4v) is 1.24. The van der Waals surface area contributed by atoms with E-state index in [1.165, 1.54) is 19.2 Å². The second-order valence-electron chi connectivity index (χ2n) is 3.03. The van der Waals surface area contributed by atoms with Crippen molar-refractivity contribution >= 4 is 12.0 Å². The third-order valence-electron chi connectivity index (χ3n) is 1.98. The van der Waals surface area contributed by atoms with Gasteiger partial charge in [-0.3, -0.25) is 0 Å². The van der Waals surface area contributed by atoms with Crippen LogP contribution in [0.2, 0.25) is 0 Å². The van der Waals surface area contributed by atoms with Crippen molar-refractivity contribution in [1.29, 1.82) is 5.26 Å². The Kier molecular flexibility index (Phi) is 4.10. The van der Waals surface area contributed by atoms with Crippen LogP contribution >= 0.6 is 0 Å². The maximum absolute atomic E-state index is 10.8. The number of allylic oxidation sites excluding steroid dienone is 1. The van der Waals surface area contributed by atoms with Gasteiger partial charge < -0.3 is 9.84 Å². The van der Waals surface area contributed by atoms with Crippen molar-refractivity contribution in [3.63, 3.8) is 0 Å². The molecule has 0 amide bonds. The molecule has 1 rings (SSSR count). The Labute approximate surface area is 93.4 Å². The third-order valence-corrected chi connectivity index (χ3v) is 1.98. The maximum Gasteiger partial charge on any atom is 0.335 e. The number of carboxylic acids is 1. The van der Waals surface area contributed by atoms with Crippen LogP contribution in [0, 0.1) is 11.3 Å². The lowest BCUT2D eigenvalue weighted by Crippen LogP contribution is -1.97. The minimum absolute atomic E-state index is 0.192. The van der Waals surface area contributed by atoms with Crippen LogP contribution in [0.5, 0.6) is 5.75 Å². The Bertz CT molecular complexity index is 458. The monoisotopic (exact) mass is 217 g/mol. The average molecular weight is 217 g/mol. The molecule has 4 heteroatoms. The minimum Gasteiger partial charge on any atom is -0.496 e. The highest BCUT2D eigenvalue weighted by Gasteiger charge is 2.06. The molecule has 0 aliphatic heterocycles. The molecule has 0 heterocycles. The smallest absolute Gasteiger partial charge is 0.335 e. The maximum atomic E-state index is 10.8. The van der Waals surface area contributed by atoms with E-state index < -0.39 is 5.97 Å². The predicted octanol–water partition coefficient (Wildman–Crippen LogP) is 2.32. The van der Waals surface area contributed by atoms with E-state index in [-0.39, 0.29) is 12.0 Å². The summed E-state index contributed by atoms with van der Waals surface area (Å²) in [5, 5.41) is 17.2. The van der Waals surface area contributed by atoms with E-state index in [2.05, 4.69) is 0 Å². The molecule has 0 saturated carbocycles. The van der Waals surface area contributed by atoms with E-state index in [4.69, 9.17) is 15.1 Å². The van der Waals surface area contributed by atoms with Crippen LogP contribution < -0.4 is 4.74 Å². The van der Waals surface area contributed by atoms with Gasteiger partial charge in [0.1, 0.15) is 5.75 Å². The topological polar surface area (TPSA) is 70.3 Å². The van der Waals surface area contributed by atoms with Crippen molar-refractivity contribution in [2.24, 2.45) is 0 Å². The van der Waals surface area contributed by atoms with Crippen LogP contribution in [0.25, 0.3) is 6.08 Å². The van der Waals surface area contributed by atoms with Crippen LogP contribution in [0.3, 0.4) is 0 Å². The molecule has 0 atom stereocenters. The summed E-state index contributed by atoms with van der Waals surface area (Å²) in [4.78, 5) is 10.8. The predicted molar refractivity (Wildman–Crippen MR) is 59.2 cm³/mol. The molecule has 0 aliphatic rings. The molecule has 4 nitrogen and oxygen atoms in total. The number of ether oxygens (including phenoxy) is 1. The van der Waals surface area contributed by atoms with Gasteiger partial charge in [-0.15, -0.1) is 0 Å². The molecule has 0 fully saturated rings. The molecule has 0 spiro atoms. The van der Waals surface area contributed by atoms with Gasteiger partial charge in [0.2, 0.25) is 0 Å². The van der Waals surface area contributed by atoms with E-state index in [0.717, 1.165) is 0 Å². The lowest BCUT2D eigenvalue weighted by Gasteiger charge is -2.05. The van der Waals surface area contributed by atoms with Gasteiger partial charge in [-0.25, -0.2) is 4.79 Å². The molecule has 1 N–H and O–H groups in total. The standard InChI is InChI=1S/C12H11NO3/c1-16-11-6-5-10(12(14)15)8-9(11)4-2-3-7-13/h2,4-6,8H,3H2,1H3,(H,14,15). The number of carboxylic acid groups (broad SMARTS) is 1. The molecule has 0 saturated heterocycles. The Morgan fingerprint density at radius 1 is 1.62 bits per heavy atom. The summed E-state index contributed by atoms with van der Waals surface area (Å²) in [5.41, 5.74) is 0.843. The zero-order chi connectivity index (χ0) is 12.0. The molecule has 0 bridgehead atoms. The summed E-state index contributed by atoms with van der Waals surface area (Å²) in [6.07, 6.45) is 3.61. The van der Waals surface area contributed by atoms with E-state index in [0.29, 0.717) is 11.3 Å². The molecule has 1 aromatic carbocycles. The molecule has 0 radical (unpaired) electrons.